The van der Waals surface area contributed by atoms with E-state index < -0.39 is 12.1 Å². The van der Waals surface area contributed by atoms with Gasteiger partial charge in [0.25, 0.3) is 0 Å². The maximum absolute atomic E-state index is 13.0. The fourth-order valence-electron chi connectivity index (χ4n) is 3.81. The zero-order valence-electron chi connectivity index (χ0n) is 16.2. The van der Waals surface area contributed by atoms with Crippen molar-refractivity contribution >= 4 is 5.69 Å². The van der Waals surface area contributed by atoms with E-state index in [1.54, 1.807) is 0 Å². The van der Waals surface area contributed by atoms with Crippen LogP contribution in [-0.4, -0.2) is 30.2 Å². The normalized spacial score (nSPS) is 18.6. The number of anilines is 1. The second-order valence-electron chi connectivity index (χ2n) is 8.37. The highest BCUT2D eigenvalue weighted by molar-refractivity contribution is 5.41. The lowest BCUT2D eigenvalue weighted by Crippen LogP contribution is -2.45. The lowest BCUT2D eigenvalue weighted by atomic mass is 9.78. The first-order valence-corrected chi connectivity index (χ1v) is 9.31. The Morgan fingerprint density at radius 2 is 1.69 bits per heavy atom. The molecule has 26 heavy (non-hydrogen) atoms. The Morgan fingerprint density at radius 1 is 1.15 bits per heavy atom. The number of rotatable bonds is 5. The Hall–Kier alpha value is -1.49. The van der Waals surface area contributed by atoms with Gasteiger partial charge < -0.3 is 5.73 Å². The molecule has 1 fully saturated rings. The van der Waals surface area contributed by atoms with Gasteiger partial charge in [-0.3, -0.25) is 4.90 Å². The minimum Gasteiger partial charge on any atom is -0.399 e. The van der Waals surface area contributed by atoms with Gasteiger partial charge in [-0.15, -0.1) is 0 Å². The first kappa shape index (κ1) is 20.8. The average Bonchev–Trinajstić information content (AvgIpc) is 2.53. The maximum atomic E-state index is 13.0. The molecule has 146 valence electrons. The second-order valence-corrected chi connectivity index (χ2v) is 8.37. The molecule has 5 heteroatoms. The smallest absolute Gasteiger partial charge is 0.391 e. The summed E-state index contributed by atoms with van der Waals surface area (Å²) in [5.74, 6) is -1.16. The molecule has 0 aliphatic carbocycles. The molecular weight excluding hydrogens is 337 g/mol. The number of likely N-dealkylation sites (tertiary alicyclic amines) is 1. The van der Waals surface area contributed by atoms with E-state index in [4.69, 9.17) is 5.73 Å². The van der Waals surface area contributed by atoms with Crippen molar-refractivity contribution in [2.24, 2.45) is 5.92 Å². The van der Waals surface area contributed by atoms with Gasteiger partial charge in [0.15, 0.2) is 0 Å². The lowest BCUT2D eigenvalue weighted by molar-refractivity contribution is -0.185. The molecule has 0 saturated carbocycles. The van der Waals surface area contributed by atoms with Crippen LogP contribution in [-0.2, 0) is 5.41 Å². The zero-order valence-corrected chi connectivity index (χ0v) is 16.2. The highest BCUT2D eigenvalue weighted by Crippen LogP contribution is 2.37. The third-order valence-corrected chi connectivity index (χ3v) is 5.40. The summed E-state index contributed by atoms with van der Waals surface area (Å²) in [6.45, 7) is 9.46. The van der Waals surface area contributed by atoms with E-state index >= 15 is 0 Å². The van der Waals surface area contributed by atoms with Gasteiger partial charge >= 0.3 is 6.18 Å². The monoisotopic (exact) mass is 368 g/mol. The van der Waals surface area contributed by atoms with Crippen LogP contribution < -0.4 is 5.73 Å². The lowest BCUT2D eigenvalue weighted by Gasteiger charge is -2.40. The number of halogens is 3. The van der Waals surface area contributed by atoms with Gasteiger partial charge in [0.1, 0.15) is 0 Å². The zero-order chi connectivity index (χ0) is 19.5. The maximum Gasteiger partial charge on any atom is 0.391 e. The Labute approximate surface area is 155 Å². The van der Waals surface area contributed by atoms with Gasteiger partial charge in [-0.2, -0.15) is 13.2 Å². The quantitative estimate of drug-likeness (QED) is 0.546. The van der Waals surface area contributed by atoms with E-state index in [-0.39, 0.29) is 24.3 Å². The molecule has 0 spiro atoms. The molecule has 2 rings (SSSR count). The molecule has 1 aliphatic rings. The van der Waals surface area contributed by atoms with Crippen LogP contribution in [0.15, 0.2) is 35.9 Å². The summed E-state index contributed by atoms with van der Waals surface area (Å²) in [6, 6.07) is 8.04. The molecule has 1 saturated heterocycles. The molecule has 1 unspecified atom stereocenters. The first-order valence-electron chi connectivity index (χ1n) is 9.31. The predicted octanol–water partition coefficient (Wildman–Crippen LogP) is 5.55. The Bertz CT molecular complexity index is 605. The topological polar surface area (TPSA) is 29.3 Å². The SMILES string of the molecule is CC(C)=CC(CC(C)(C)c1ccc(N)cc1)N1CCC(C(F)(F)F)CC1. The molecule has 1 aliphatic heterocycles. The molecule has 1 aromatic rings. The third kappa shape index (κ3) is 5.50. The molecule has 0 amide bonds. The van der Waals surface area contributed by atoms with Gasteiger partial charge in [0.2, 0.25) is 0 Å². The van der Waals surface area contributed by atoms with Gasteiger partial charge in [-0.1, -0.05) is 37.6 Å². The van der Waals surface area contributed by atoms with E-state index in [9.17, 15) is 13.2 Å². The van der Waals surface area contributed by atoms with Crippen LogP contribution in [0, 0.1) is 5.92 Å². The number of piperidine rings is 1. The summed E-state index contributed by atoms with van der Waals surface area (Å²) in [5, 5.41) is 0. The Balaban J connectivity index is 2.13. The molecule has 1 atom stereocenters. The van der Waals surface area contributed by atoms with Gasteiger partial charge in [-0.25, -0.2) is 0 Å². The molecule has 1 heterocycles. The van der Waals surface area contributed by atoms with Crippen molar-refractivity contribution < 1.29 is 13.2 Å². The summed E-state index contributed by atoms with van der Waals surface area (Å²) < 4.78 is 38.9. The summed E-state index contributed by atoms with van der Waals surface area (Å²) in [5.41, 5.74) is 8.83. The fourth-order valence-corrected chi connectivity index (χ4v) is 3.81. The van der Waals surface area contributed by atoms with E-state index in [0.29, 0.717) is 13.1 Å². The minimum atomic E-state index is -4.07. The van der Waals surface area contributed by atoms with Crippen LogP contribution in [0.4, 0.5) is 18.9 Å². The highest BCUT2D eigenvalue weighted by atomic mass is 19.4. The number of nitrogens with zero attached hydrogens (tertiary/aromatic N) is 1. The molecule has 0 bridgehead atoms. The van der Waals surface area contributed by atoms with Crippen molar-refractivity contribution in [1.29, 1.82) is 0 Å². The van der Waals surface area contributed by atoms with Gasteiger partial charge in [0.05, 0.1) is 5.92 Å². The van der Waals surface area contributed by atoms with Crippen molar-refractivity contribution in [1.82, 2.24) is 4.90 Å². The summed E-state index contributed by atoms with van der Waals surface area (Å²) in [7, 11) is 0. The number of nitrogens with two attached hydrogens (primary N) is 1. The van der Waals surface area contributed by atoms with Crippen LogP contribution in [0.3, 0.4) is 0 Å². The standard InChI is InChI=1S/C21H31F3N2/c1-15(2)13-19(26-11-9-17(10-12-26)21(22,23)24)14-20(3,4)16-5-7-18(25)8-6-16/h5-8,13,17,19H,9-12,14,25H2,1-4H3. The molecule has 2 N–H and O–H groups in total. The molecule has 0 radical (unpaired) electrons. The van der Waals surface area contributed by atoms with E-state index in [1.807, 2.05) is 38.1 Å². The van der Waals surface area contributed by atoms with Crippen LogP contribution in [0.1, 0.15) is 52.5 Å². The summed E-state index contributed by atoms with van der Waals surface area (Å²) in [4.78, 5) is 2.22. The number of benzene rings is 1. The predicted molar refractivity (Wildman–Crippen MR) is 102 cm³/mol. The van der Waals surface area contributed by atoms with Crippen LogP contribution >= 0.6 is 0 Å². The van der Waals surface area contributed by atoms with E-state index in [0.717, 1.165) is 12.1 Å². The molecular formula is C21H31F3N2. The fraction of sp³-hybridized carbons (Fsp3) is 0.619. The number of allylic oxidation sites excluding steroid dienone is 1. The Kier molecular flexibility index (Phi) is 6.43. The number of hydrogen-bond acceptors (Lipinski definition) is 2. The van der Waals surface area contributed by atoms with Crippen molar-refractivity contribution in [2.75, 3.05) is 18.8 Å². The van der Waals surface area contributed by atoms with E-state index in [1.165, 1.54) is 11.1 Å². The molecule has 2 nitrogen and oxygen atoms in total. The van der Waals surface area contributed by atoms with Crippen LogP contribution in [0.2, 0.25) is 0 Å². The largest absolute Gasteiger partial charge is 0.399 e. The summed E-state index contributed by atoms with van der Waals surface area (Å²) in [6.07, 6.45) is -0.620. The number of hydrogen-bond donors (Lipinski definition) is 1. The molecule has 1 aromatic carbocycles. The Morgan fingerprint density at radius 3 is 2.15 bits per heavy atom. The van der Waals surface area contributed by atoms with E-state index in [2.05, 4.69) is 24.8 Å². The average molecular weight is 368 g/mol. The van der Waals surface area contributed by atoms with Crippen LogP contribution in [0.5, 0.6) is 0 Å². The second kappa shape index (κ2) is 8.03. The van der Waals surface area contributed by atoms with Gasteiger partial charge in [0, 0.05) is 11.7 Å². The van der Waals surface area contributed by atoms with Gasteiger partial charge in [-0.05, 0) is 69.3 Å². The van der Waals surface area contributed by atoms with Crippen molar-refractivity contribution in [3.8, 4) is 0 Å². The third-order valence-electron chi connectivity index (χ3n) is 5.40. The molecule has 0 aromatic heterocycles. The highest BCUT2D eigenvalue weighted by Gasteiger charge is 2.42. The van der Waals surface area contributed by atoms with Crippen molar-refractivity contribution in [3.05, 3.63) is 41.5 Å². The first-order chi connectivity index (χ1) is 12.0. The minimum absolute atomic E-state index is 0.0921. The van der Waals surface area contributed by atoms with Crippen LogP contribution in [0.25, 0.3) is 0 Å². The van der Waals surface area contributed by atoms with Crippen molar-refractivity contribution in [3.63, 3.8) is 0 Å². The number of alkyl halides is 3. The van der Waals surface area contributed by atoms with Crippen molar-refractivity contribution in [2.45, 2.75) is 64.6 Å². The summed E-state index contributed by atoms with van der Waals surface area (Å²) >= 11 is 0. The number of nitrogen functional groups attached to an aromatic ring is 1.